The molecule has 0 aliphatic rings. The van der Waals surface area contributed by atoms with E-state index in [1.807, 2.05) is 38.1 Å². The highest BCUT2D eigenvalue weighted by Gasteiger charge is 2.06. The number of hydrogen-bond acceptors (Lipinski definition) is 3. The Bertz CT molecular complexity index is 356. The standard InChI is InChI=1S/C13H18O3/c1-10(2)16-12-7-6-11(5-4-8-14)9-13(12)15-3/h4-7,9-10,14H,8H2,1-3H3/b5-4+. The highest BCUT2D eigenvalue weighted by molar-refractivity contribution is 5.55. The van der Waals surface area contributed by atoms with E-state index in [1.165, 1.54) is 0 Å². The SMILES string of the molecule is COc1cc(/C=C/CO)ccc1OC(C)C. The molecule has 0 heterocycles. The van der Waals surface area contributed by atoms with Gasteiger partial charge in [0.15, 0.2) is 11.5 Å². The number of ether oxygens (including phenoxy) is 2. The quantitative estimate of drug-likeness (QED) is 0.831. The topological polar surface area (TPSA) is 38.7 Å². The molecule has 3 heteroatoms. The highest BCUT2D eigenvalue weighted by Crippen LogP contribution is 2.29. The molecule has 0 fully saturated rings. The van der Waals surface area contributed by atoms with Gasteiger partial charge in [-0.2, -0.15) is 0 Å². The molecular weight excluding hydrogens is 204 g/mol. The number of methoxy groups -OCH3 is 1. The summed E-state index contributed by atoms with van der Waals surface area (Å²) in [5.74, 6) is 1.44. The molecule has 0 aromatic heterocycles. The van der Waals surface area contributed by atoms with Gasteiger partial charge in [-0.1, -0.05) is 18.2 Å². The van der Waals surface area contributed by atoms with Crippen molar-refractivity contribution in [1.29, 1.82) is 0 Å². The minimum atomic E-state index is 0.0343. The molecule has 1 aromatic rings. The third-order valence-electron chi connectivity index (χ3n) is 1.97. The molecule has 3 nitrogen and oxygen atoms in total. The fraction of sp³-hybridized carbons (Fsp3) is 0.385. The summed E-state index contributed by atoms with van der Waals surface area (Å²) < 4.78 is 10.8. The van der Waals surface area contributed by atoms with Gasteiger partial charge in [0.2, 0.25) is 0 Å². The van der Waals surface area contributed by atoms with Gasteiger partial charge in [-0.15, -0.1) is 0 Å². The van der Waals surface area contributed by atoms with E-state index in [4.69, 9.17) is 14.6 Å². The van der Waals surface area contributed by atoms with E-state index >= 15 is 0 Å². The largest absolute Gasteiger partial charge is 0.493 e. The van der Waals surface area contributed by atoms with Gasteiger partial charge >= 0.3 is 0 Å². The maximum Gasteiger partial charge on any atom is 0.161 e. The van der Waals surface area contributed by atoms with Crippen molar-refractivity contribution in [3.05, 3.63) is 29.8 Å². The van der Waals surface area contributed by atoms with E-state index in [-0.39, 0.29) is 12.7 Å². The normalized spacial score (nSPS) is 11.1. The molecule has 0 aliphatic carbocycles. The van der Waals surface area contributed by atoms with Crippen LogP contribution in [0.4, 0.5) is 0 Å². The zero-order valence-electron chi connectivity index (χ0n) is 9.93. The summed E-state index contributed by atoms with van der Waals surface area (Å²) in [6, 6.07) is 5.67. The summed E-state index contributed by atoms with van der Waals surface area (Å²) in [7, 11) is 1.61. The Morgan fingerprint density at radius 2 is 2.06 bits per heavy atom. The Morgan fingerprint density at radius 3 is 2.62 bits per heavy atom. The average Bonchev–Trinajstić information content (AvgIpc) is 2.27. The van der Waals surface area contributed by atoms with Gasteiger partial charge in [-0.25, -0.2) is 0 Å². The lowest BCUT2D eigenvalue weighted by Crippen LogP contribution is -2.06. The summed E-state index contributed by atoms with van der Waals surface area (Å²) in [6.45, 7) is 3.98. The van der Waals surface area contributed by atoms with Crippen LogP contribution in [0.1, 0.15) is 19.4 Å². The van der Waals surface area contributed by atoms with Crippen molar-refractivity contribution < 1.29 is 14.6 Å². The molecule has 88 valence electrons. The van der Waals surface area contributed by atoms with Crippen molar-refractivity contribution in [2.45, 2.75) is 20.0 Å². The molecule has 0 atom stereocenters. The molecule has 0 bridgehead atoms. The van der Waals surface area contributed by atoms with Crippen LogP contribution in [0.15, 0.2) is 24.3 Å². The molecule has 0 saturated heterocycles. The summed E-state index contributed by atoms with van der Waals surface area (Å²) in [5.41, 5.74) is 0.974. The molecule has 1 aromatic carbocycles. The van der Waals surface area contributed by atoms with E-state index in [2.05, 4.69) is 0 Å². The molecule has 0 radical (unpaired) electrons. The molecule has 0 spiro atoms. The number of benzene rings is 1. The van der Waals surface area contributed by atoms with Crippen molar-refractivity contribution in [2.75, 3.05) is 13.7 Å². The first-order chi connectivity index (χ1) is 7.67. The van der Waals surface area contributed by atoms with Crippen LogP contribution >= 0.6 is 0 Å². The number of hydrogen-bond donors (Lipinski definition) is 1. The van der Waals surface area contributed by atoms with Gasteiger partial charge in [-0.3, -0.25) is 0 Å². The lowest BCUT2D eigenvalue weighted by molar-refractivity contribution is 0.230. The lowest BCUT2D eigenvalue weighted by atomic mass is 10.2. The molecular formula is C13H18O3. The Morgan fingerprint density at radius 1 is 1.31 bits per heavy atom. The monoisotopic (exact) mass is 222 g/mol. The fourth-order valence-corrected chi connectivity index (χ4v) is 1.33. The van der Waals surface area contributed by atoms with Crippen LogP contribution in [-0.4, -0.2) is 24.9 Å². The predicted molar refractivity (Wildman–Crippen MR) is 64.9 cm³/mol. The number of aliphatic hydroxyl groups is 1. The van der Waals surface area contributed by atoms with Gasteiger partial charge in [0.25, 0.3) is 0 Å². The Balaban J connectivity index is 2.92. The second-order valence-corrected chi connectivity index (χ2v) is 3.66. The van der Waals surface area contributed by atoms with Crippen molar-refractivity contribution in [2.24, 2.45) is 0 Å². The van der Waals surface area contributed by atoms with Crippen LogP contribution in [0.2, 0.25) is 0 Å². The van der Waals surface area contributed by atoms with E-state index in [0.29, 0.717) is 5.75 Å². The van der Waals surface area contributed by atoms with Crippen LogP contribution < -0.4 is 9.47 Å². The molecule has 16 heavy (non-hydrogen) atoms. The Labute approximate surface area is 96.3 Å². The van der Waals surface area contributed by atoms with Gasteiger partial charge in [0, 0.05) is 0 Å². The van der Waals surface area contributed by atoms with Gasteiger partial charge in [-0.05, 0) is 31.5 Å². The van der Waals surface area contributed by atoms with Crippen LogP contribution in [-0.2, 0) is 0 Å². The summed E-state index contributed by atoms with van der Waals surface area (Å²) in [4.78, 5) is 0. The first-order valence-electron chi connectivity index (χ1n) is 5.29. The number of aliphatic hydroxyl groups excluding tert-OH is 1. The smallest absolute Gasteiger partial charge is 0.161 e. The minimum absolute atomic E-state index is 0.0343. The van der Waals surface area contributed by atoms with Gasteiger partial charge in [0.05, 0.1) is 19.8 Å². The number of rotatable bonds is 5. The van der Waals surface area contributed by atoms with Crippen molar-refractivity contribution in [3.8, 4) is 11.5 Å². The predicted octanol–water partition coefficient (Wildman–Crippen LogP) is 2.49. The molecule has 0 amide bonds. The van der Waals surface area contributed by atoms with Crippen LogP contribution in [0.25, 0.3) is 6.08 Å². The lowest BCUT2D eigenvalue weighted by Gasteiger charge is -2.13. The minimum Gasteiger partial charge on any atom is -0.493 e. The second kappa shape index (κ2) is 6.18. The van der Waals surface area contributed by atoms with Gasteiger partial charge in [0.1, 0.15) is 0 Å². The van der Waals surface area contributed by atoms with Crippen LogP contribution in [0, 0.1) is 0 Å². The summed E-state index contributed by atoms with van der Waals surface area (Å²) in [5, 5.41) is 8.68. The zero-order chi connectivity index (χ0) is 12.0. The molecule has 1 N–H and O–H groups in total. The molecule has 0 unspecified atom stereocenters. The van der Waals surface area contributed by atoms with Crippen molar-refractivity contribution in [1.82, 2.24) is 0 Å². The highest BCUT2D eigenvalue weighted by atomic mass is 16.5. The third-order valence-corrected chi connectivity index (χ3v) is 1.97. The summed E-state index contributed by atoms with van der Waals surface area (Å²) in [6.07, 6.45) is 3.63. The zero-order valence-corrected chi connectivity index (χ0v) is 9.93. The average molecular weight is 222 g/mol. The maximum atomic E-state index is 8.68. The first-order valence-corrected chi connectivity index (χ1v) is 5.29. The van der Waals surface area contributed by atoms with Crippen molar-refractivity contribution >= 4 is 6.08 Å². The first kappa shape index (κ1) is 12.6. The third kappa shape index (κ3) is 3.59. The van der Waals surface area contributed by atoms with E-state index < -0.39 is 0 Å². The van der Waals surface area contributed by atoms with Crippen molar-refractivity contribution in [3.63, 3.8) is 0 Å². The molecule has 1 rings (SSSR count). The van der Waals surface area contributed by atoms with E-state index in [0.717, 1.165) is 11.3 Å². The Kier molecular flexibility index (Phi) is 4.86. The van der Waals surface area contributed by atoms with Gasteiger partial charge < -0.3 is 14.6 Å². The van der Waals surface area contributed by atoms with Crippen LogP contribution in [0.3, 0.4) is 0 Å². The van der Waals surface area contributed by atoms with E-state index in [1.54, 1.807) is 13.2 Å². The fourth-order valence-electron chi connectivity index (χ4n) is 1.33. The summed E-state index contributed by atoms with van der Waals surface area (Å²) >= 11 is 0. The van der Waals surface area contributed by atoms with E-state index in [9.17, 15) is 0 Å². The second-order valence-electron chi connectivity index (χ2n) is 3.66. The molecule has 0 saturated carbocycles. The Hall–Kier alpha value is -1.48. The molecule has 0 aliphatic heterocycles. The van der Waals surface area contributed by atoms with Crippen LogP contribution in [0.5, 0.6) is 11.5 Å². The maximum absolute atomic E-state index is 8.68.